The summed E-state index contributed by atoms with van der Waals surface area (Å²) < 4.78 is 0. The number of hydrogen-bond acceptors (Lipinski definition) is 3. The van der Waals surface area contributed by atoms with E-state index in [1.54, 1.807) is 9.80 Å². The summed E-state index contributed by atoms with van der Waals surface area (Å²) in [4.78, 5) is 40.2. The average molecular weight is 344 g/mol. The molecule has 3 rings (SSSR count). The Morgan fingerprint density at radius 3 is 2.32 bits per heavy atom. The summed E-state index contributed by atoms with van der Waals surface area (Å²) in [5, 5.41) is 9.13. The van der Waals surface area contributed by atoms with Crippen LogP contribution < -0.4 is 0 Å². The molecule has 0 aliphatic carbocycles. The van der Waals surface area contributed by atoms with Gasteiger partial charge in [-0.25, -0.2) is 0 Å². The third kappa shape index (κ3) is 3.83. The van der Waals surface area contributed by atoms with Crippen molar-refractivity contribution in [2.75, 3.05) is 19.6 Å². The molecule has 1 unspecified atom stereocenters. The van der Waals surface area contributed by atoms with Gasteiger partial charge in [-0.15, -0.1) is 0 Å². The number of carbonyl (C=O) groups excluding carboxylic acids is 2. The van der Waals surface area contributed by atoms with Crippen molar-refractivity contribution in [3.8, 4) is 0 Å². The van der Waals surface area contributed by atoms with Crippen LogP contribution in [0.4, 0.5) is 0 Å². The second-order valence-corrected chi connectivity index (χ2v) is 6.80. The summed E-state index contributed by atoms with van der Waals surface area (Å²) in [6, 6.07) is 8.81. The Bertz CT molecular complexity index is 638. The molecular formula is C19H24N2O4. The molecule has 2 aliphatic heterocycles. The molecule has 0 saturated carbocycles. The highest BCUT2D eigenvalue weighted by molar-refractivity contribution is 5.89. The summed E-state index contributed by atoms with van der Waals surface area (Å²) in [6.45, 7) is 1.46. The van der Waals surface area contributed by atoms with Gasteiger partial charge >= 0.3 is 5.97 Å². The number of carboxylic acids is 1. The normalized spacial score (nSPS) is 20.4. The van der Waals surface area contributed by atoms with E-state index in [2.05, 4.69) is 0 Å². The van der Waals surface area contributed by atoms with Gasteiger partial charge in [0.1, 0.15) is 6.04 Å². The van der Waals surface area contributed by atoms with Gasteiger partial charge in [0.05, 0.1) is 5.92 Å². The first kappa shape index (κ1) is 17.5. The van der Waals surface area contributed by atoms with Crippen LogP contribution in [0.3, 0.4) is 0 Å². The molecule has 1 aromatic rings. The number of piperidine rings is 2. The lowest BCUT2D eigenvalue weighted by Gasteiger charge is -2.39. The zero-order valence-corrected chi connectivity index (χ0v) is 14.3. The van der Waals surface area contributed by atoms with Gasteiger partial charge in [-0.3, -0.25) is 14.4 Å². The quantitative estimate of drug-likeness (QED) is 0.907. The van der Waals surface area contributed by atoms with Crippen LogP contribution in [-0.4, -0.2) is 52.3 Å². The van der Waals surface area contributed by atoms with E-state index in [4.69, 9.17) is 5.11 Å². The maximum absolute atomic E-state index is 13.2. The van der Waals surface area contributed by atoms with Crippen LogP contribution in [0.25, 0.3) is 0 Å². The Morgan fingerprint density at radius 1 is 1.04 bits per heavy atom. The summed E-state index contributed by atoms with van der Waals surface area (Å²) in [7, 11) is 0. The standard InChI is InChI=1S/C19H24N2O4/c22-16-8-4-5-11-21(16)17(14-6-2-1-3-7-14)18(23)20-12-9-15(10-13-20)19(24)25/h1-3,6-7,15,17H,4-5,8-13H2,(H,24,25). The van der Waals surface area contributed by atoms with Crippen LogP contribution in [0.15, 0.2) is 30.3 Å². The fourth-order valence-electron chi connectivity index (χ4n) is 3.71. The van der Waals surface area contributed by atoms with E-state index in [9.17, 15) is 14.4 Å². The molecule has 6 nitrogen and oxygen atoms in total. The van der Waals surface area contributed by atoms with E-state index in [1.807, 2.05) is 30.3 Å². The zero-order chi connectivity index (χ0) is 17.8. The largest absolute Gasteiger partial charge is 0.481 e. The van der Waals surface area contributed by atoms with Crippen LogP contribution in [0.1, 0.15) is 43.7 Å². The summed E-state index contributed by atoms with van der Waals surface area (Å²) in [6.07, 6.45) is 3.20. The molecule has 25 heavy (non-hydrogen) atoms. The molecule has 2 fully saturated rings. The van der Waals surface area contributed by atoms with E-state index < -0.39 is 12.0 Å². The van der Waals surface area contributed by atoms with Crippen LogP contribution in [-0.2, 0) is 14.4 Å². The molecule has 1 aromatic carbocycles. The molecule has 134 valence electrons. The molecule has 0 radical (unpaired) electrons. The SMILES string of the molecule is O=C(O)C1CCN(C(=O)C(c2ccccc2)N2CCCCC2=O)CC1. The number of amides is 2. The lowest BCUT2D eigenvalue weighted by Crippen LogP contribution is -2.49. The van der Waals surface area contributed by atoms with Crippen LogP contribution >= 0.6 is 0 Å². The number of aliphatic carboxylic acids is 1. The lowest BCUT2D eigenvalue weighted by molar-refractivity contribution is -0.151. The maximum atomic E-state index is 13.2. The summed E-state index contributed by atoms with van der Waals surface area (Å²) >= 11 is 0. The van der Waals surface area contributed by atoms with Gasteiger partial charge in [0.2, 0.25) is 11.8 Å². The Hall–Kier alpha value is -2.37. The van der Waals surface area contributed by atoms with Crippen LogP contribution in [0.5, 0.6) is 0 Å². The molecule has 1 N–H and O–H groups in total. The number of rotatable bonds is 4. The average Bonchev–Trinajstić information content (AvgIpc) is 2.64. The Morgan fingerprint density at radius 2 is 1.72 bits per heavy atom. The van der Waals surface area contributed by atoms with Crippen molar-refractivity contribution in [2.24, 2.45) is 5.92 Å². The number of carbonyl (C=O) groups is 3. The molecule has 2 aliphatic rings. The minimum absolute atomic E-state index is 0.0221. The molecule has 2 amide bonds. The highest BCUT2D eigenvalue weighted by Crippen LogP contribution is 2.29. The molecule has 0 bridgehead atoms. The lowest BCUT2D eigenvalue weighted by atomic mass is 9.95. The van der Waals surface area contributed by atoms with E-state index >= 15 is 0 Å². The topological polar surface area (TPSA) is 77.9 Å². The van der Waals surface area contributed by atoms with E-state index in [0.717, 1.165) is 18.4 Å². The van der Waals surface area contributed by atoms with Crippen LogP contribution in [0, 0.1) is 5.92 Å². The predicted octanol–water partition coefficient (Wildman–Crippen LogP) is 2.06. The highest BCUT2D eigenvalue weighted by atomic mass is 16.4. The highest BCUT2D eigenvalue weighted by Gasteiger charge is 2.37. The van der Waals surface area contributed by atoms with Gasteiger partial charge < -0.3 is 14.9 Å². The number of benzene rings is 1. The predicted molar refractivity (Wildman–Crippen MR) is 91.7 cm³/mol. The van der Waals surface area contributed by atoms with Crippen molar-refractivity contribution in [2.45, 2.75) is 38.1 Å². The maximum Gasteiger partial charge on any atom is 0.306 e. The Labute approximate surface area is 147 Å². The molecule has 6 heteroatoms. The first-order valence-electron chi connectivity index (χ1n) is 8.94. The summed E-state index contributed by atoms with van der Waals surface area (Å²) in [5.41, 5.74) is 0.822. The fourth-order valence-corrected chi connectivity index (χ4v) is 3.71. The van der Waals surface area contributed by atoms with Gasteiger partial charge in [-0.2, -0.15) is 0 Å². The van der Waals surface area contributed by atoms with E-state index in [-0.39, 0.29) is 17.7 Å². The van der Waals surface area contributed by atoms with Gasteiger partial charge in [0, 0.05) is 26.1 Å². The van der Waals surface area contributed by atoms with Crippen molar-refractivity contribution >= 4 is 17.8 Å². The molecule has 2 heterocycles. The minimum atomic E-state index is -0.794. The van der Waals surface area contributed by atoms with Gasteiger partial charge in [0.25, 0.3) is 0 Å². The van der Waals surface area contributed by atoms with Gasteiger partial charge in [-0.05, 0) is 31.2 Å². The third-order valence-electron chi connectivity index (χ3n) is 5.18. The number of hydrogen-bond donors (Lipinski definition) is 1. The second kappa shape index (κ2) is 7.68. The van der Waals surface area contributed by atoms with Crippen molar-refractivity contribution in [1.29, 1.82) is 0 Å². The van der Waals surface area contributed by atoms with Crippen molar-refractivity contribution < 1.29 is 19.5 Å². The van der Waals surface area contributed by atoms with E-state index in [1.165, 1.54) is 0 Å². The monoisotopic (exact) mass is 344 g/mol. The van der Waals surface area contributed by atoms with Gasteiger partial charge in [-0.1, -0.05) is 30.3 Å². The van der Waals surface area contributed by atoms with Gasteiger partial charge in [0.15, 0.2) is 0 Å². The Balaban J connectivity index is 1.81. The first-order valence-corrected chi connectivity index (χ1v) is 8.94. The second-order valence-electron chi connectivity index (χ2n) is 6.80. The molecular weight excluding hydrogens is 320 g/mol. The van der Waals surface area contributed by atoms with E-state index in [0.29, 0.717) is 38.9 Å². The van der Waals surface area contributed by atoms with Crippen molar-refractivity contribution in [3.05, 3.63) is 35.9 Å². The van der Waals surface area contributed by atoms with Crippen LogP contribution in [0.2, 0.25) is 0 Å². The molecule has 2 saturated heterocycles. The fraction of sp³-hybridized carbons (Fsp3) is 0.526. The van der Waals surface area contributed by atoms with Crippen molar-refractivity contribution in [3.63, 3.8) is 0 Å². The zero-order valence-electron chi connectivity index (χ0n) is 14.3. The first-order chi connectivity index (χ1) is 12.1. The Kier molecular flexibility index (Phi) is 5.36. The van der Waals surface area contributed by atoms with Crippen molar-refractivity contribution in [1.82, 2.24) is 9.80 Å². The summed E-state index contributed by atoms with van der Waals surface area (Å²) in [5.74, 6) is -1.24. The molecule has 0 aromatic heterocycles. The number of likely N-dealkylation sites (tertiary alicyclic amines) is 2. The molecule has 1 atom stereocenters. The molecule has 0 spiro atoms. The number of nitrogens with zero attached hydrogens (tertiary/aromatic N) is 2. The third-order valence-corrected chi connectivity index (χ3v) is 5.18. The smallest absolute Gasteiger partial charge is 0.306 e. The number of carboxylic acid groups (broad SMARTS) is 1. The minimum Gasteiger partial charge on any atom is -0.481 e.